The smallest absolute Gasteiger partial charge is 0.274 e. The van der Waals surface area contributed by atoms with Crippen molar-refractivity contribution < 1.29 is 9.59 Å². The van der Waals surface area contributed by atoms with Crippen LogP contribution in [0.1, 0.15) is 52.8 Å². The van der Waals surface area contributed by atoms with Gasteiger partial charge in [-0.15, -0.1) is 5.10 Å². The average molecular weight is 358 g/mol. The molecule has 2 amide bonds. The molecule has 2 aromatic rings. The van der Waals surface area contributed by atoms with Crippen LogP contribution in [0.5, 0.6) is 0 Å². The fourth-order valence-electron chi connectivity index (χ4n) is 3.69. The van der Waals surface area contributed by atoms with Gasteiger partial charge in [0.15, 0.2) is 11.5 Å². The van der Waals surface area contributed by atoms with E-state index in [1.807, 2.05) is 0 Å². The van der Waals surface area contributed by atoms with E-state index in [0.29, 0.717) is 31.0 Å². The molecule has 10 nitrogen and oxygen atoms in total. The molecule has 2 aliphatic heterocycles. The molecule has 26 heavy (non-hydrogen) atoms. The van der Waals surface area contributed by atoms with Crippen LogP contribution in [0, 0.1) is 0 Å². The number of nitrogens with one attached hydrogen (secondary N) is 1. The number of nitrogens with zero attached hydrogens (tertiary/aromatic N) is 7. The van der Waals surface area contributed by atoms with Gasteiger partial charge in [0.1, 0.15) is 0 Å². The van der Waals surface area contributed by atoms with Crippen LogP contribution in [0.2, 0.25) is 0 Å². The quantitative estimate of drug-likeness (QED) is 0.805. The van der Waals surface area contributed by atoms with Crippen molar-refractivity contribution in [3.8, 4) is 0 Å². The van der Waals surface area contributed by atoms with E-state index in [1.165, 1.54) is 4.90 Å². The first-order chi connectivity index (χ1) is 12.6. The lowest BCUT2D eigenvalue weighted by Crippen LogP contribution is -2.40. The number of carbonyl (C=O) groups is 2. The summed E-state index contributed by atoms with van der Waals surface area (Å²) < 4.78 is 1.74. The highest BCUT2D eigenvalue weighted by atomic mass is 16.2. The molecule has 0 radical (unpaired) electrons. The maximum atomic E-state index is 13.2. The highest BCUT2D eigenvalue weighted by Crippen LogP contribution is 2.29. The van der Waals surface area contributed by atoms with Gasteiger partial charge in [-0.3, -0.25) is 14.7 Å². The number of aromatic nitrogens is 6. The van der Waals surface area contributed by atoms with E-state index >= 15 is 0 Å². The number of H-pyrrole nitrogens is 1. The van der Waals surface area contributed by atoms with Crippen LogP contribution >= 0.6 is 0 Å². The number of hydrogen-bond donors (Lipinski definition) is 1. The topological polar surface area (TPSA) is 113 Å². The molecule has 1 N–H and O–H groups in total. The van der Waals surface area contributed by atoms with Crippen LogP contribution in [0.25, 0.3) is 0 Å². The Bertz CT molecular complexity index is 839. The fourth-order valence-corrected chi connectivity index (χ4v) is 3.69. The molecule has 1 unspecified atom stereocenters. The summed E-state index contributed by atoms with van der Waals surface area (Å²) in [6.07, 6.45) is 3.33. The lowest BCUT2D eigenvalue weighted by atomic mass is 9.98. The molecule has 0 spiro atoms. The molecule has 0 bridgehead atoms. The Balaban J connectivity index is 1.59. The van der Waals surface area contributed by atoms with Gasteiger partial charge in [0.25, 0.3) is 5.91 Å². The van der Waals surface area contributed by atoms with Crippen molar-refractivity contribution in [2.45, 2.75) is 44.7 Å². The van der Waals surface area contributed by atoms with Gasteiger partial charge in [-0.1, -0.05) is 6.42 Å². The molecule has 1 atom stereocenters. The summed E-state index contributed by atoms with van der Waals surface area (Å²) in [7, 11) is 3.39. The SMILES string of the molecule is CN(C)C(=O)c1n[nH]c2c1CN(C(=O)C1CCCCn3nnnc31)CC2. The number of tetrazole rings is 1. The Morgan fingerprint density at radius 3 is 2.88 bits per heavy atom. The molecule has 2 aliphatic rings. The molecular formula is C16H22N8O2. The number of carbonyl (C=O) groups excluding carboxylic acids is 2. The van der Waals surface area contributed by atoms with Gasteiger partial charge in [0, 0.05) is 51.4 Å². The van der Waals surface area contributed by atoms with Crippen molar-refractivity contribution in [1.29, 1.82) is 0 Å². The van der Waals surface area contributed by atoms with Gasteiger partial charge in [-0.25, -0.2) is 4.68 Å². The van der Waals surface area contributed by atoms with E-state index in [4.69, 9.17) is 0 Å². The molecule has 4 heterocycles. The molecule has 0 saturated carbocycles. The molecule has 138 valence electrons. The minimum Gasteiger partial charge on any atom is -0.343 e. The number of hydrogen-bond acceptors (Lipinski definition) is 6. The number of aryl methyl sites for hydroxylation is 1. The van der Waals surface area contributed by atoms with Crippen molar-refractivity contribution in [2.24, 2.45) is 0 Å². The summed E-state index contributed by atoms with van der Waals surface area (Å²) in [4.78, 5) is 28.8. The minimum atomic E-state index is -0.325. The summed E-state index contributed by atoms with van der Waals surface area (Å²) in [6.45, 7) is 1.73. The lowest BCUT2D eigenvalue weighted by molar-refractivity contribution is -0.134. The predicted octanol–water partition coefficient (Wildman–Crippen LogP) is -0.0496. The van der Waals surface area contributed by atoms with Gasteiger partial charge >= 0.3 is 0 Å². The Labute approximate surface area is 150 Å². The second-order valence-electron chi connectivity index (χ2n) is 7.05. The molecule has 10 heteroatoms. The molecule has 0 aromatic carbocycles. The fraction of sp³-hybridized carbons (Fsp3) is 0.625. The molecule has 0 fully saturated rings. The van der Waals surface area contributed by atoms with Crippen molar-refractivity contribution in [3.05, 3.63) is 22.8 Å². The van der Waals surface area contributed by atoms with E-state index in [2.05, 4.69) is 25.7 Å². The summed E-state index contributed by atoms with van der Waals surface area (Å²) in [5, 5.41) is 19.0. The van der Waals surface area contributed by atoms with Gasteiger partial charge in [-0.05, 0) is 23.3 Å². The highest BCUT2D eigenvalue weighted by molar-refractivity contribution is 5.94. The van der Waals surface area contributed by atoms with Crippen molar-refractivity contribution >= 4 is 11.8 Å². The molecule has 0 saturated heterocycles. The Kier molecular flexibility index (Phi) is 4.17. The monoisotopic (exact) mass is 358 g/mol. The zero-order chi connectivity index (χ0) is 18.3. The van der Waals surface area contributed by atoms with Crippen LogP contribution in [-0.2, 0) is 24.3 Å². The largest absolute Gasteiger partial charge is 0.343 e. The normalized spacial score (nSPS) is 19.5. The number of aromatic amines is 1. The summed E-state index contributed by atoms with van der Waals surface area (Å²) in [5.74, 6) is 0.192. The third kappa shape index (κ3) is 2.74. The van der Waals surface area contributed by atoms with Crippen LogP contribution in [0.15, 0.2) is 0 Å². The van der Waals surface area contributed by atoms with Gasteiger partial charge in [0.2, 0.25) is 5.91 Å². The maximum absolute atomic E-state index is 13.2. The zero-order valence-electron chi connectivity index (χ0n) is 15.0. The molecular weight excluding hydrogens is 336 g/mol. The average Bonchev–Trinajstić information content (AvgIpc) is 3.22. The first-order valence-corrected chi connectivity index (χ1v) is 8.89. The lowest BCUT2D eigenvalue weighted by Gasteiger charge is -2.30. The third-order valence-electron chi connectivity index (χ3n) is 5.14. The van der Waals surface area contributed by atoms with E-state index in [0.717, 1.165) is 37.1 Å². The molecule has 0 aliphatic carbocycles. The maximum Gasteiger partial charge on any atom is 0.274 e. The number of rotatable bonds is 2. The predicted molar refractivity (Wildman–Crippen MR) is 90.1 cm³/mol. The second-order valence-corrected chi connectivity index (χ2v) is 7.05. The van der Waals surface area contributed by atoms with Gasteiger partial charge in [0.05, 0.1) is 5.92 Å². The Morgan fingerprint density at radius 2 is 2.08 bits per heavy atom. The van der Waals surface area contributed by atoms with Crippen molar-refractivity contribution in [1.82, 2.24) is 40.2 Å². The first-order valence-electron chi connectivity index (χ1n) is 8.89. The minimum absolute atomic E-state index is 0.0260. The summed E-state index contributed by atoms with van der Waals surface area (Å²) in [5.41, 5.74) is 2.15. The summed E-state index contributed by atoms with van der Waals surface area (Å²) in [6, 6.07) is 0. The van der Waals surface area contributed by atoms with Crippen LogP contribution in [-0.4, -0.2) is 72.7 Å². The Hall–Kier alpha value is -2.78. The standard InChI is InChI=1S/C16H22N8O2/c1-22(2)16(26)13-11-9-23(8-6-12(11)17-18-13)15(25)10-5-3-4-7-24-14(10)19-20-21-24/h10H,3-9H2,1-2H3,(H,17,18). The highest BCUT2D eigenvalue weighted by Gasteiger charge is 2.35. The molecule has 2 aromatic heterocycles. The van der Waals surface area contributed by atoms with Crippen molar-refractivity contribution in [3.63, 3.8) is 0 Å². The van der Waals surface area contributed by atoms with Crippen LogP contribution in [0.4, 0.5) is 0 Å². The van der Waals surface area contributed by atoms with E-state index in [9.17, 15) is 9.59 Å². The zero-order valence-corrected chi connectivity index (χ0v) is 15.0. The third-order valence-corrected chi connectivity index (χ3v) is 5.14. The summed E-state index contributed by atoms with van der Waals surface area (Å²) >= 11 is 0. The number of fused-ring (bicyclic) bond motifs is 2. The van der Waals surface area contributed by atoms with Gasteiger partial charge < -0.3 is 9.80 Å². The van der Waals surface area contributed by atoms with Crippen LogP contribution < -0.4 is 0 Å². The van der Waals surface area contributed by atoms with E-state index in [-0.39, 0.29) is 17.7 Å². The van der Waals surface area contributed by atoms with Crippen molar-refractivity contribution in [2.75, 3.05) is 20.6 Å². The Morgan fingerprint density at radius 1 is 1.23 bits per heavy atom. The first kappa shape index (κ1) is 16.7. The van der Waals surface area contributed by atoms with E-state index in [1.54, 1.807) is 23.7 Å². The van der Waals surface area contributed by atoms with Gasteiger partial charge in [-0.2, -0.15) is 5.10 Å². The molecule has 4 rings (SSSR count). The van der Waals surface area contributed by atoms with E-state index < -0.39 is 0 Å². The number of amides is 2. The van der Waals surface area contributed by atoms with Crippen LogP contribution in [0.3, 0.4) is 0 Å². The second kappa shape index (κ2) is 6.50.